The number of hydrogen-bond donors (Lipinski definition) is 0. The molecule has 0 atom stereocenters. The fourth-order valence-corrected chi connectivity index (χ4v) is 2.65. The molecule has 4 heteroatoms. The van der Waals surface area contributed by atoms with Gasteiger partial charge in [-0.2, -0.15) is 0 Å². The molecular weight excluding hydrogens is 308 g/mol. The zero-order valence-electron chi connectivity index (χ0n) is 11.9. The van der Waals surface area contributed by atoms with Crippen LogP contribution in [0, 0.1) is 0 Å². The third-order valence-corrected chi connectivity index (χ3v) is 8.64. The predicted molar refractivity (Wildman–Crippen MR) is 82.8 cm³/mol. The highest BCUT2D eigenvalue weighted by Gasteiger charge is 2.36. The van der Waals surface area contributed by atoms with Gasteiger partial charge in [-0.15, -0.1) is 0 Å². The first-order chi connectivity index (χ1) is 8.24. The molecule has 0 bridgehead atoms. The highest BCUT2D eigenvalue weighted by molar-refractivity contribution is 9.10. The number of rotatable bonds is 5. The molecule has 0 aliphatic carbocycles. The van der Waals surface area contributed by atoms with E-state index in [1.807, 2.05) is 24.3 Å². The second-order valence-electron chi connectivity index (χ2n) is 5.89. The lowest BCUT2D eigenvalue weighted by Crippen LogP contribution is -2.41. The normalized spacial score (nSPS) is 12.6. The summed E-state index contributed by atoms with van der Waals surface area (Å²) in [5.41, 5.74) is 0. The van der Waals surface area contributed by atoms with Gasteiger partial charge in [-0.1, -0.05) is 32.9 Å². The van der Waals surface area contributed by atoms with Crippen LogP contribution >= 0.6 is 15.9 Å². The minimum atomic E-state index is -1.65. The molecular formula is C14H23BrO2Si. The van der Waals surface area contributed by atoms with Crippen LogP contribution in [0.3, 0.4) is 0 Å². The first kappa shape index (κ1) is 15.7. The smallest absolute Gasteiger partial charge is 0.192 e. The van der Waals surface area contributed by atoms with Crippen molar-refractivity contribution in [3.63, 3.8) is 0 Å². The third-order valence-electron chi connectivity index (χ3n) is 3.45. The van der Waals surface area contributed by atoms with E-state index < -0.39 is 8.32 Å². The second-order valence-corrected chi connectivity index (χ2v) is 11.6. The summed E-state index contributed by atoms with van der Waals surface area (Å²) in [5, 5.41) is 0.250. The Morgan fingerprint density at radius 1 is 1.11 bits per heavy atom. The molecule has 0 amide bonds. The lowest BCUT2D eigenvalue weighted by Gasteiger charge is -2.36. The molecule has 0 saturated heterocycles. The highest BCUT2D eigenvalue weighted by Crippen LogP contribution is 2.36. The topological polar surface area (TPSA) is 18.5 Å². The van der Waals surface area contributed by atoms with Gasteiger partial charge in [0.05, 0.1) is 11.1 Å². The Kier molecular flexibility index (Phi) is 5.43. The van der Waals surface area contributed by atoms with Gasteiger partial charge in [0.25, 0.3) is 0 Å². The van der Waals surface area contributed by atoms with E-state index in [0.29, 0.717) is 13.2 Å². The molecule has 0 aliphatic heterocycles. The van der Waals surface area contributed by atoms with Crippen LogP contribution in [0.5, 0.6) is 5.75 Å². The maximum atomic E-state index is 6.05. The fraction of sp³-hybridized carbons (Fsp3) is 0.571. The van der Waals surface area contributed by atoms with Crippen LogP contribution in [0.4, 0.5) is 0 Å². The number of halogens is 1. The van der Waals surface area contributed by atoms with E-state index in [1.54, 1.807) is 0 Å². The van der Waals surface area contributed by atoms with Gasteiger partial charge in [-0.05, 0) is 46.2 Å². The van der Waals surface area contributed by atoms with Crippen molar-refractivity contribution < 1.29 is 9.16 Å². The first-order valence-electron chi connectivity index (χ1n) is 6.25. The maximum absolute atomic E-state index is 6.05. The Hall–Kier alpha value is -0.323. The quantitative estimate of drug-likeness (QED) is 0.567. The van der Waals surface area contributed by atoms with Crippen molar-refractivity contribution in [2.24, 2.45) is 0 Å². The Bertz CT molecular complexity index is 386. The SMILES string of the molecule is CC(C)(C)[Si](C)(C)OCCOc1ccccc1Br. The molecule has 0 spiro atoms. The Morgan fingerprint density at radius 3 is 2.28 bits per heavy atom. The van der Waals surface area contributed by atoms with Crippen LogP contribution in [0.15, 0.2) is 28.7 Å². The molecule has 0 fully saturated rings. The van der Waals surface area contributed by atoms with Crippen molar-refractivity contribution in [2.75, 3.05) is 13.2 Å². The Morgan fingerprint density at radius 2 is 1.72 bits per heavy atom. The lowest BCUT2D eigenvalue weighted by molar-refractivity contribution is 0.203. The van der Waals surface area contributed by atoms with E-state index in [2.05, 4.69) is 49.8 Å². The summed E-state index contributed by atoms with van der Waals surface area (Å²) in [5.74, 6) is 0.872. The van der Waals surface area contributed by atoms with Gasteiger partial charge in [-0.25, -0.2) is 0 Å². The molecule has 0 saturated carbocycles. The number of ether oxygens (including phenoxy) is 1. The van der Waals surface area contributed by atoms with Gasteiger partial charge >= 0.3 is 0 Å². The van der Waals surface area contributed by atoms with Crippen molar-refractivity contribution in [3.8, 4) is 5.75 Å². The van der Waals surface area contributed by atoms with Gasteiger partial charge < -0.3 is 9.16 Å². The number of benzene rings is 1. The van der Waals surface area contributed by atoms with Gasteiger partial charge in [0.15, 0.2) is 8.32 Å². The van der Waals surface area contributed by atoms with Crippen LogP contribution in [0.2, 0.25) is 18.1 Å². The van der Waals surface area contributed by atoms with Crippen LogP contribution < -0.4 is 4.74 Å². The van der Waals surface area contributed by atoms with E-state index in [9.17, 15) is 0 Å². The summed E-state index contributed by atoms with van der Waals surface area (Å²) in [6, 6.07) is 7.87. The number of hydrogen-bond acceptors (Lipinski definition) is 2. The third kappa shape index (κ3) is 4.41. The van der Waals surface area contributed by atoms with Gasteiger partial charge in [0.1, 0.15) is 12.4 Å². The molecule has 0 aliphatic rings. The van der Waals surface area contributed by atoms with E-state index >= 15 is 0 Å². The highest BCUT2D eigenvalue weighted by atomic mass is 79.9. The average Bonchev–Trinajstić information content (AvgIpc) is 2.25. The van der Waals surface area contributed by atoms with Gasteiger partial charge in [0.2, 0.25) is 0 Å². The fourth-order valence-electron chi connectivity index (χ4n) is 1.23. The first-order valence-corrected chi connectivity index (χ1v) is 9.95. The van der Waals surface area contributed by atoms with Crippen LogP contribution in [0.25, 0.3) is 0 Å². The molecule has 0 unspecified atom stereocenters. The molecule has 1 rings (SSSR count). The molecule has 1 aromatic carbocycles. The minimum Gasteiger partial charge on any atom is -0.490 e. The lowest BCUT2D eigenvalue weighted by atomic mass is 10.2. The molecule has 18 heavy (non-hydrogen) atoms. The van der Waals surface area contributed by atoms with E-state index in [-0.39, 0.29) is 5.04 Å². The predicted octanol–water partition coefficient (Wildman–Crippen LogP) is 4.85. The second kappa shape index (κ2) is 6.22. The monoisotopic (exact) mass is 330 g/mol. The maximum Gasteiger partial charge on any atom is 0.192 e. The van der Waals surface area contributed by atoms with Crippen LogP contribution in [0.1, 0.15) is 20.8 Å². The molecule has 0 N–H and O–H groups in total. The van der Waals surface area contributed by atoms with Crippen molar-refractivity contribution >= 4 is 24.2 Å². The van der Waals surface area contributed by atoms with Crippen LogP contribution in [-0.4, -0.2) is 21.5 Å². The minimum absolute atomic E-state index is 0.250. The summed E-state index contributed by atoms with van der Waals surface area (Å²) < 4.78 is 12.7. The molecule has 0 heterocycles. The molecule has 0 aromatic heterocycles. The summed E-state index contributed by atoms with van der Waals surface area (Å²) in [4.78, 5) is 0. The molecule has 102 valence electrons. The van der Waals surface area contributed by atoms with Gasteiger partial charge in [0, 0.05) is 0 Å². The summed E-state index contributed by atoms with van der Waals surface area (Å²) in [6.45, 7) is 12.5. The summed E-state index contributed by atoms with van der Waals surface area (Å²) >= 11 is 3.46. The zero-order chi connectivity index (χ0) is 13.8. The standard InChI is InChI=1S/C14H23BrO2Si/c1-14(2,3)18(4,5)17-11-10-16-13-9-7-6-8-12(13)15/h6-9H,10-11H2,1-5H3. The van der Waals surface area contributed by atoms with Crippen molar-refractivity contribution in [1.29, 1.82) is 0 Å². The molecule has 1 aromatic rings. The van der Waals surface area contributed by atoms with Crippen LogP contribution in [-0.2, 0) is 4.43 Å². The zero-order valence-corrected chi connectivity index (χ0v) is 14.5. The average molecular weight is 331 g/mol. The molecule has 2 nitrogen and oxygen atoms in total. The van der Waals surface area contributed by atoms with E-state index in [1.165, 1.54) is 0 Å². The summed E-state index contributed by atoms with van der Waals surface area (Å²) in [7, 11) is -1.65. The van der Waals surface area contributed by atoms with Crippen molar-refractivity contribution in [1.82, 2.24) is 0 Å². The Balaban J connectivity index is 2.38. The van der Waals surface area contributed by atoms with E-state index in [4.69, 9.17) is 9.16 Å². The molecule has 0 radical (unpaired) electrons. The summed E-state index contributed by atoms with van der Waals surface area (Å²) in [6.07, 6.45) is 0. The van der Waals surface area contributed by atoms with Crippen molar-refractivity contribution in [2.45, 2.75) is 38.9 Å². The Labute approximate surface area is 120 Å². The number of para-hydroxylation sites is 1. The van der Waals surface area contributed by atoms with E-state index in [0.717, 1.165) is 10.2 Å². The van der Waals surface area contributed by atoms with Crippen molar-refractivity contribution in [3.05, 3.63) is 28.7 Å². The van der Waals surface area contributed by atoms with Gasteiger partial charge in [-0.3, -0.25) is 0 Å². The largest absolute Gasteiger partial charge is 0.490 e.